The number of nitrogens with zero attached hydrogens (tertiary/aromatic N) is 2. The number of amides is 2. The van der Waals surface area contributed by atoms with E-state index in [-0.39, 0.29) is 18.5 Å². The summed E-state index contributed by atoms with van der Waals surface area (Å²) in [5, 5.41) is 3.50. The number of halogens is 1. The maximum Gasteiger partial charge on any atom is 0.244 e. The van der Waals surface area contributed by atoms with E-state index >= 15 is 0 Å². The Morgan fingerprint density at radius 3 is 2.32 bits per heavy atom. The van der Waals surface area contributed by atoms with Gasteiger partial charge in [-0.3, -0.25) is 13.9 Å². The molecule has 1 atom stereocenters. The number of benzene rings is 2. The van der Waals surface area contributed by atoms with Crippen LogP contribution in [0.2, 0.25) is 5.02 Å². The van der Waals surface area contributed by atoms with Crippen molar-refractivity contribution in [2.24, 2.45) is 0 Å². The molecule has 0 heterocycles. The lowest BCUT2D eigenvalue weighted by Gasteiger charge is -2.33. The van der Waals surface area contributed by atoms with Gasteiger partial charge in [-0.05, 0) is 61.6 Å². The number of methoxy groups -OCH3 is 1. The predicted octanol–water partition coefficient (Wildman–Crippen LogP) is 4.29. The third-order valence-corrected chi connectivity index (χ3v) is 8.27. The summed E-state index contributed by atoms with van der Waals surface area (Å²) in [6.45, 7) is 3.35. The summed E-state index contributed by atoms with van der Waals surface area (Å²) in [4.78, 5) is 28.6. The van der Waals surface area contributed by atoms with Gasteiger partial charge in [-0.1, -0.05) is 49.6 Å². The van der Waals surface area contributed by atoms with E-state index in [0.717, 1.165) is 47.4 Å². The number of ether oxygens (including phenoxy) is 1. The lowest BCUT2D eigenvalue weighted by atomic mass is 10.1. The van der Waals surface area contributed by atoms with Crippen LogP contribution in [0.25, 0.3) is 0 Å². The molecule has 37 heavy (non-hydrogen) atoms. The van der Waals surface area contributed by atoms with Crippen molar-refractivity contribution in [3.63, 3.8) is 0 Å². The molecule has 0 saturated heterocycles. The topological polar surface area (TPSA) is 96.0 Å². The van der Waals surface area contributed by atoms with Crippen molar-refractivity contribution in [3.8, 4) is 5.75 Å². The number of carbonyl (C=O) groups is 2. The summed E-state index contributed by atoms with van der Waals surface area (Å²) in [6.07, 6.45) is 5.41. The second-order valence-electron chi connectivity index (χ2n) is 9.49. The van der Waals surface area contributed by atoms with Crippen molar-refractivity contribution >= 4 is 39.1 Å². The van der Waals surface area contributed by atoms with Crippen LogP contribution in [0.1, 0.15) is 50.2 Å². The lowest BCUT2D eigenvalue weighted by Crippen LogP contribution is -2.53. The van der Waals surface area contributed by atoms with Gasteiger partial charge in [-0.15, -0.1) is 0 Å². The Morgan fingerprint density at radius 1 is 1.14 bits per heavy atom. The van der Waals surface area contributed by atoms with Gasteiger partial charge >= 0.3 is 0 Å². The zero-order chi connectivity index (χ0) is 27.2. The quantitative estimate of drug-likeness (QED) is 0.451. The minimum Gasteiger partial charge on any atom is -0.497 e. The van der Waals surface area contributed by atoms with Crippen LogP contribution in [-0.4, -0.2) is 57.1 Å². The van der Waals surface area contributed by atoms with E-state index in [1.807, 2.05) is 26.0 Å². The van der Waals surface area contributed by atoms with E-state index in [0.29, 0.717) is 22.9 Å². The van der Waals surface area contributed by atoms with Crippen molar-refractivity contribution in [1.29, 1.82) is 0 Å². The molecule has 202 valence electrons. The number of anilines is 1. The number of aryl methyl sites for hydroxylation is 1. The van der Waals surface area contributed by atoms with E-state index in [1.54, 1.807) is 31.4 Å². The zero-order valence-electron chi connectivity index (χ0n) is 21.9. The Balaban J connectivity index is 1.93. The Labute approximate surface area is 225 Å². The maximum atomic E-state index is 13.8. The van der Waals surface area contributed by atoms with Crippen LogP contribution in [0.4, 0.5) is 5.69 Å². The third kappa shape index (κ3) is 7.61. The number of carbonyl (C=O) groups excluding carboxylic acids is 2. The average Bonchev–Trinajstić information content (AvgIpc) is 3.36. The maximum absolute atomic E-state index is 13.8. The average molecular weight is 550 g/mol. The number of sulfonamides is 1. The Hall–Kier alpha value is -2.78. The van der Waals surface area contributed by atoms with Crippen LogP contribution in [0.15, 0.2) is 42.5 Å². The van der Waals surface area contributed by atoms with Gasteiger partial charge in [0.1, 0.15) is 18.3 Å². The molecule has 8 nitrogen and oxygen atoms in total. The summed E-state index contributed by atoms with van der Waals surface area (Å²) in [5.41, 5.74) is 1.88. The number of hydrogen-bond donors (Lipinski definition) is 1. The van der Waals surface area contributed by atoms with Crippen LogP contribution in [0.3, 0.4) is 0 Å². The SMILES string of the molecule is CCC(C(=O)NC1CCCC1)N(Cc1ccc(OC)cc1)C(=O)CN(c1ccc(C)c(Cl)c1)S(C)(=O)=O. The smallest absolute Gasteiger partial charge is 0.244 e. The molecular formula is C27H36ClN3O5S. The van der Waals surface area contributed by atoms with E-state index in [2.05, 4.69) is 5.32 Å². The second-order valence-corrected chi connectivity index (χ2v) is 11.8. The Kier molecular flexibility index (Phi) is 9.84. The first-order chi connectivity index (χ1) is 17.5. The third-order valence-electron chi connectivity index (χ3n) is 6.72. The highest BCUT2D eigenvalue weighted by Gasteiger charge is 2.33. The first-order valence-corrected chi connectivity index (χ1v) is 14.7. The molecule has 3 rings (SSSR count). The summed E-state index contributed by atoms with van der Waals surface area (Å²) in [5.74, 6) is -0.0287. The van der Waals surface area contributed by atoms with Gasteiger partial charge in [0.05, 0.1) is 19.1 Å². The number of nitrogens with one attached hydrogen (secondary N) is 1. The first kappa shape index (κ1) is 28.8. The molecule has 1 N–H and O–H groups in total. The molecule has 1 unspecified atom stereocenters. The van der Waals surface area contributed by atoms with Crippen molar-refractivity contribution in [2.75, 3.05) is 24.2 Å². The first-order valence-electron chi connectivity index (χ1n) is 12.5. The fourth-order valence-electron chi connectivity index (χ4n) is 4.57. The van der Waals surface area contributed by atoms with Gasteiger partial charge in [-0.25, -0.2) is 8.42 Å². The van der Waals surface area contributed by atoms with Crippen LogP contribution in [0, 0.1) is 6.92 Å². The molecule has 2 aromatic rings. The van der Waals surface area contributed by atoms with E-state index in [9.17, 15) is 18.0 Å². The number of rotatable bonds is 11. The van der Waals surface area contributed by atoms with Crippen LogP contribution in [-0.2, 0) is 26.2 Å². The van der Waals surface area contributed by atoms with Gasteiger partial charge in [0.15, 0.2) is 0 Å². The molecular weight excluding hydrogens is 514 g/mol. The fourth-order valence-corrected chi connectivity index (χ4v) is 5.58. The normalized spacial score (nSPS) is 14.7. The van der Waals surface area contributed by atoms with Crippen molar-refractivity contribution in [1.82, 2.24) is 10.2 Å². The highest BCUT2D eigenvalue weighted by atomic mass is 35.5. The van der Waals surface area contributed by atoms with Gasteiger partial charge in [0, 0.05) is 17.6 Å². The summed E-state index contributed by atoms with van der Waals surface area (Å²) in [6, 6.07) is 11.4. The molecule has 0 aromatic heterocycles. The van der Waals surface area contributed by atoms with E-state index in [4.69, 9.17) is 16.3 Å². The standard InChI is InChI=1S/C27H36ClN3O5S/c1-5-25(27(33)29-21-8-6-7-9-21)30(17-20-11-14-23(36-3)15-12-20)26(32)18-31(37(4,34)35)22-13-10-19(2)24(28)16-22/h10-16,21,25H,5-9,17-18H2,1-4H3,(H,29,33). The summed E-state index contributed by atoms with van der Waals surface area (Å²) < 4.78 is 31.7. The van der Waals surface area contributed by atoms with Crippen LogP contribution in [0.5, 0.6) is 5.75 Å². The van der Waals surface area contributed by atoms with Crippen molar-refractivity contribution in [2.45, 2.75) is 64.6 Å². The molecule has 2 amide bonds. The summed E-state index contributed by atoms with van der Waals surface area (Å²) in [7, 11) is -2.25. The highest BCUT2D eigenvalue weighted by Crippen LogP contribution is 2.26. The second kappa shape index (κ2) is 12.6. The highest BCUT2D eigenvalue weighted by molar-refractivity contribution is 7.92. The molecule has 0 aliphatic heterocycles. The molecule has 0 bridgehead atoms. The summed E-state index contributed by atoms with van der Waals surface area (Å²) >= 11 is 6.25. The van der Waals surface area contributed by atoms with Gasteiger partial charge in [-0.2, -0.15) is 0 Å². The predicted molar refractivity (Wildman–Crippen MR) is 146 cm³/mol. The molecule has 1 aliphatic rings. The van der Waals surface area contributed by atoms with Gasteiger partial charge < -0.3 is 15.0 Å². The van der Waals surface area contributed by atoms with Crippen molar-refractivity contribution < 1.29 is 22.7 Å². The van der Waals surface area contributed by atoms with Gasteiger partial charge in [0.2, 0.25) is 21.8 Å². The lowest BCUT2D eigenvalue weighted by molar-refractivity contribution is -0.140. The largest absolute Gasteiger partial charge is 0.497 e. The van der Waals surface area contributed by atoms with Gasteiger partial charge in [0.25, 0.3) is 0 Å². The molecule has 0 radical (unpaired) electrons. The van der Waals surface area contributed by atoms with Crippen molar-refractivity contribution in [3.05, 3.63) is 58.6 Å². The Morgan fingerprint density at radius 2 is 1.78 bits per heavy atom. The zero-order valence-corrected chi connectivity index (χ0v) is 23.4. The molecule has 1 fully saturated rings. The molecule has 2 aromatic carbocycles. The monoisotopic (exact) mass is 549 g/mol. The molecule has 10 heteroatoms. The van der Waals surface area contributed by atoms with Crippen LogP contribution >= 0.6 is 11.6 Å². The Bertz CT molecular complexity index is 1200. The molecule has 0 spiro atoms. The molecule has 1 saturated carbocycles. The van der Waals surface area contributed by atoms with E-state index in [1.165, 1.54) is 11.0 Å². The number of hydrogen-bond acceptors (Lipinski definition) is 5. The van der Waals surface area contributed by atoms with E-state index < -0.39 is 28.5 Å². The fraction of sp³-hybridized carbons (Fsp3) is 0.481. The van der Waals surface area contributed by atoms with Crippen LogP contribution < -0.4 is 14.4 Å². The molecule has 1 aliphatic carbocycles. The minimum absolute atomic E-state index is 0.0988. The minimum atomic E-state index is -3.82.